The van der Waals surface area contributed by atoms with Crippen LogP contribution in [0.25, 0.3) is 11.3 Å². The summed E-state index contributed by atoms with van der Waals surface area (Å²) in [5, 5.41) is 9.18. The van der Waals surface area contributed by atoms with Crippen molar-refractivity contribution in [1.29, 1.82) is 0 Å². The second-order valence-corrected chi connectivity index (χ2v) is 7.74. The van der Waals surface area contributed by atoms with Crippen LogP contribution in [0.5, 0.6) is 0 Å². The number of carbonyl (C=O) groups is 1. The molecule has 0 saturated carbocycles. The highest BCUT2D eigenvalue weighted by Gasteiger charge is 2.10. The maximum atomic E-state index is 12.6. The van der Waals surface area contributed by atoms with Crippen LogP contribution in [-0.2, 0) is 0 Å². The SMILES string of the molecule is Cc1cccc(Nc2nc(-c3cccc(NC(=O)c4ccccc4C)c3)cs2)c1. The van der Waals surface area contributed by atoms with Gasteiger partial charge < -0.3 is 10.6 Å². The van der Waals surface area contributed by atoms with Crippen molar-refractivity contribution in [3.05, 3.63) is 94.9 Å². The first kappa shape index (κ1) is 18.9. The zero-order valence-electron chi connectivity index (χ0n) is 16.3. The molecule has 29 heavy (non-hydrogen) atoms. The fourth-order valence-corrected chi connectivity index (χ4v) is 3.83. The Kier molecular flexibility index (Phi) is 5.40. The van der Waals surface area contributed by atoms with Gasteiger partial charge in [0.1, 0.15) is 0 Å². The Hall–Kier alpha value is -3.44. The van der Waals surface area contributed by atoms with E-state index in [0.29, 0.717) is 5.56 Å². The van der Waals surface area contributed by atoms with Gasteiger partial charge in [-0.05, 0) is 55.3 Å². The van der Waals surface area contributed by atoms with Crippen LogP contribution in [0, 0.1) is 13.8 Å². The first-order valence-corrected chi connectivity index (χ1v) is 10.2. The largest absolute Gasteiger partial charge is 0.332 e. The molecule has 0 radical (unpaired) electrons. The molecule has 1 aromatic heterocycles. The lowest BCUT2D eigenvalue weighted by Crippen LogP contribution is -2.13. The summed E-state index contributed by atoms with van der Waals surface area (Å²) in [5.41, 5.74) is 6.42. The standard InChI is InChI=1S/C24H21N3OS/c1-16-7-5-10-19(13-16)26-24-27-22(15-29-24)18-9-6-11-20(14-18)25-23(28)21-12-4-3-8-17(21)2/h3-15H,1-2H3,(H,25,28)(H,26,27). The van der Waals surface area contributed by atoms with Crippen LogP contribution in [0.15, 0.2) is 78.2 Å². The molecule has 0 aliphatic heterocycles. The van der Waals surface area contributed by atoms with E-state index in [9.17, 15) is 4.79 Å². The molecule has 0 fully saturated rings. The van der Waals surface area contributed by atoms with E-state index < -0.39 is 0 Å². The Bertz CT molecular complexity index is 1170. The van der Waals surface area contributed by atoms with Crippen LogP contribution in [0.2, 0.25) is 0 Å². The maximum Gasteiger partial charge on any atom is 0.255 e. The number of rotatable bonds is 5. The summed E-state index contributed by atoms with van der Waals surface area (Å²) in [4.78, 5) is 17.3. The molecule has 3 aromatic carbocycles. The van der Waals surface area contributed by atoms with Crippen LogP contribution in [-0.4, -0.2) is 10.9 Å². The Labute approximate surface area is 174 Å². The van der Waals surface area contributed by atoms with E-state index in [2.05, 4.69) is 29.7 Å². The minimum absolute atomic E-state index is 0.111. The number of hydrogen-bond acceptors (Lipinski definition) is 4. The van der Waals surface area contributed by atoms with Gasteiger partial charge in [-0.1, -0.05) is 42.5 Å². The van der Waals surface area contributed by atoms with Crippen molar-refractivity contribution < 1.29 is 4.79 Å². The Morgan fingerprint density at radius 3 is 2.52 bits per heavy atom. The van der Waals surface area contributed by atoms with Crippen molar-refractivity contribution >= 4 is 33.8 Å². The highest BCUT2D eigenvalue weighted by atomic mass is 32.1. The van der Waals surface area contributed by atoms with Gasteiger partial charge in [-0.2, -0.15) is 0 Å². The number of anilines is 3. The van der Waals surface area contributed by atoms with E-state index in [0.717, 1.165) is 33.3 Å². The first-order chi connectivity index (χ1) is 14.1. The van der Waals surface area contributed by atoms with Crippen molar-refractivity contribution in [3.8, 4) is 11.3 Å². The average Bonchev–Trinajstić information content (AvgIpc) is 3.17. The number of amides is 1. The predicted molar refractivity (Wildman–Crippen MR) is 121 cm³/mol. The average molecular weight is 400 g/mol. The molecule has 144 valence electrons. The molecule has 4 aromatic rings. The monoisotopic (exact) mass is 399 g/mol. The number of aromatic nitrogens is 1. The van der Waals surface area contributed by atoms with Gasteiger partial charge in [-0.25, -0.2) is 4.98 Å². The van der Waals surface area contributed by atoms with Crippen LogP contribution >= 0.6 is 11.3 Å². The van der Waals surface area contributed by atoms with Crippen LogP contribution in [0.1, 0.15) is 21.5 Å². The third kappa shape index (κ3) is 4.52. The van der Waals surface area contributed by atoms with E-state index in [1.165, 1.54) is 5.56 Å². The molecule has 0 atom stereocenters. The lowest BCUT2D eigenvalue weighted by molar-refractivity contribution is 0.102. The quantitative estimate of drug-likeness (QED) is 0.407. The van der Waals surface area contributed by atoms with Crippen molar-refractivity contribution in [2.45, 2.75) is 13.8 Å². The summed E-state index contributed by atoms with van der Waals surface area (Å²) in [7, 11) is 0. The van der Waals surface area contributed by atoms with Gasteiger partial charge in [-0.3, -0.25) is 4.79 Å². The molecule has 0 saturated heterocycles. The molecule has 0 bridgehead atoms. The van der Waals surface area contributed by atoms with E-state index in [1.807, 2.05) is 73.0 Å². The van der Waals surface area contributed by atoms with E-state index in [1.54, 1.807) is 11.3 Å². The fraction of sp³-hybridized carbons (Fsp3) is 0.0833. The third-order valence-corrected chi connectivity index (χ3v) is 5.34. The molecule has 0 spiro atoms. The molecule has 4 rings (SSSR count). The number of thiazole rings is 1. The topological polar surface area (TPSA) is 54.0 Å². The summed E-state index contributed by atoms with van der Waals surface area (Å²) in [6, 6.07) is 23.5. The van der Waals surface area contributed by atoms with E-state index in [-0.39, 0.29) is 5.91 Å². The van der Waals surface area contributed by atoms with Crippen LogP contribution in [0.4, 0.5) is 16.5 Å². The second-order valence-electron chi connectivity index (χ2n) is 6.88. The Morgan fingerprint density at radius 1 is 0.897 bits per heavy atom. The van der Waals surface area contributed by atoms with Gasteiger partial charge in [0.2, 0.25) is 0 Å². The van der Waals surface area contributed by atoms with E-state index >= 15 is 0 Å². The van der Waals surface area contributed by atoms with Gasteiger partial charge in [0.25, 0.3) is 5.91 Å². The lowest BCUT2D eigenvalue weighted by Gasteiger charge is -2.08. The highest BCUT2D eigenvalue weighted by molar-refractivity contribution is 7.14. The summed E-state index contributed by atoms with van der Waals surface area (Å²) < 4.78 is 0. The van der Waals surface area contributed by atoms with Gasteiger partial charge in [0.05, 0.1) is 5.69 Å². The number of carbonyl (C=O) groups excluding carboxylic acids is 1. The lowest BCUT2D eigenvalue weighted by atomic mass is 10.1. The zero-order chi connectivity index (χ0) is 20.2. The molecule has 1 amide bonds. The summed E-state index contributed by atoms with van der Waals surface area (Å²) in [6.07, 6.45) is 0. The third-order valence-electron chi connectivity index (χ3n) is 4.58. The van der Waals surface area contributed by atoms with Crippen LogP contribution < -0.4 is 10.6 Å². The molecule has 1 heterocycles. The number of benzene rings is 3. The molecule has 0 unspecified atom stereocenters. The second kappa shape index (κ2) is 8.29. The van der Waals surface area contributed by atoms with E-state index in [4.69, 9.17) is 4.98 Å². The van der Waals surface area contributed by atoms with Crippen molar-refractivity contribution in [1.82, 2.24) is 4.98 Å². The smallest absolute Gasteiger partial charge is 0.255 e. The summed E-state index contributed by atoms with van der Waals surface area (Å²) in [6.45, 7) is 4.00. The van der Waals surface area contributed by atoms with Crippen molar-refractivity contribution in [3.63, 3.8) is 0 Å². The van der Waals surface area contributed by atoms with Crippen LogP contribution in [0.3, 0.4) is 0 Å². The van der Waals surface area contributed by atoms with Crippen molar-refractivity contribution in [2.24, 2.45) is 0 Å². The van der Waals surface area contributed by atoms with Gasteiger partial charge in [0.15, 0.2) is 5.13 Å². The predicted octanol–water partition coefficient (Wildman–Crippen LogP) is 6.42. The molecule has 5 heteroatoms. The van der Waals surface area contributed by atoms with Gasteiger partial charge in [0, 0.05) is 27.9 Å². The van der Waals surface area contributed by atoms with Gasteiger partial charge >= 0.3 is 0 Å². The van der Waals surface area contributed by atoms with Gasteiger partial charge in [-0.15, -0.1) is 11.3 Å². The minimum atomic E-state index is -0.111. The van der Waals surface area contributed by atoms with Crippen molar-refractivity contribution in [2.75, 3.05) is 10.6 Å². The summed E-state index contributed by atoms with van der Waals surface area (Å²) in [5.74, 6) is -0.111. The molecule has 4 nitrogen and oxygen atoms in total. The number of nitrogens with zero attached hydrogens (tertiary/aromatic N) is 1. The highest BCUT2D eigenvalue weighted by Crippen LogP contribution is 2.29. The fourth-order valence-electron chi connectivity index (χ4n) is 3.09. The Morgan fingerprint density at radius 2 is 1.69 bits per heavy atom. The zero-order valence-corrected chi connectivity index (χ0v) is 17.1. The Balaban J connectivity index is 1.51. The first-order valence-electron chi connectivity index (χ1n) is 9.35. The molecular formula is C24H21N3OS. The number of nitrogens with one attached hydrogen (secondary N) is 2. The number of hydrogen-bond donors (Lipinski definition) is 2. The molecule has 2 N–H and O–H groups in total. The maximum absolute atomic E-state index is 12.6. The molecular weight excluding hydrogens is 378 g/mol. The number of aryl methyl sites for hydroxylation is 2. The normalized spacial score (nSPS) is 10.6. The molecule has 0 aliphatic carbocycles. The summed E-state index contributed by atoms with van der Waals surface area (Å²) >= 11 is 1.55. The molecule has 0 aliphatic rings. The minimum Gasteiger partial charge on any atom is -0.332 e.